The lowest BCUT2D eigenvalue weighted by Gasteiger charge is -2.37. The van der Waals surface area contributed by atoms with Crippen LogP contribution in [0.3, 0.4) is 0 Å². The molecule has 5 rings (SSSR count). The second-order valence-corrected chi connectivity index (χ2v) is 8.69. The molecule has 0 saturated carbocycles. The van der Waals surface area contributed by atoms with Crippen molar-refractivity contribution in [2.75, 3.05) is 62.2 Å². The van der Waals surface area contributed by atoms with Crippen molar-refractivity contribution < 1.29 is 4.74 Å². The number of rotatable bonds is 6. The number of nitrogens with zero attached hydrogens (tertiary/aromatic N) is 6. The van der Waals surface area contributed by atoms with E-state index in [1.807, 2.05) is 6.07 Å². The number of H-pyrrole nitrogens is 1. The van der Waals surface area contributed by atoms with Crippen molar-refractivity contribution >= 4 is 34.1 Å². The highest BCUT2D eigenvalue weighted by Gasteiger charge is 2.23. The molecule has 1 aromatic carbocycles. The minimum absolute atomic E-state index is 0.697. The Kier molecular flexibility index (Phi) is 5.82. The van der Waals surface area contributed by atoms with Crippen LogP contribution in [0.15, 0.2) is 24.7 Å². The highest BCUT2D eigenvalue weighted by Crippen LogP contribution is 2.34. The van der Waals surface area contributed by atoms with E-state index in [0.717, 1.165) is 71.6 Å². The monoisotopic (exact) mass is 441 g/mol. The molecule has 0 aliphatic carbocycles. The minimum Gasteiger partial charge on any atom is -0.492 e. The van der Waals surface area contributed by atoms with Gasteiger partial charge in [0.2, 0.25) is 0 Å². The molecule has 8 nitrogen and oxygen atoms in total. The van der Waals surface area contributed by atoms with Gasteiger partial charge in [-0.2, -0.15) is 5.10 Å². The number of benzene rings is 1. The predicted molar refractivity (Wildman–Crippen MR) is 123 cm³/mol. The van der Waals surface area contributed by atoms with Gasteiger partial charge >= 0.3 is 0 Å². The molecule has 2 aliphatic rings. The van der Waals surface area contributed by atoms with Crippen molar-refractivity contribution in [3.05, 3.63) is 35.2 Å². The third-order valence-corrected chi connectivity index (χ3v) is 6.53. The maximum atomic E-state index is 6.47. The highest BCUT2D eigenvalue weighted by molar-refractivity contribution is 6.31. The first-order valence-corrected chi connectivity index (χ1v) is 11.4. The number of hydrogen-bond donors (Lipinski definition) is 1. The van der Waals surface area contributed by atoms with Crippen LogP contribution in [0.5, 0.6) is 5.75 Å². The molecule has 164 valence electrons. The van der Waals surface area contributed by atoms with Crippen LogP contribution in [-0.4, -0.2) is 77.5 Å². The largest absolute Gasteiger partial charge is 0.492 e. The van der Waals surface area contributed by atoms with Crippen molar-refractivity contribution in [3.8, 4) is 5.75 Å². The van der Waals surface area contributed by atoms with Gasteiger partial charge in [0, 0.05) is 49.0 Å². The number of aromatic amines is 1. The molecule has 0 spiro atoms. The summed E-state index contributed by atoms with van der Waals surface area (Å²) in [4.78, 5) is 15.9. The van der Waals surface area contributed by atoms with Gasteiger partial charge in [-0.3, -0.25) is 10.00 Å². The molecule has 2 aromatic heterocycles. The summed E-state index contributed by atoms with van der Waals surface area (Å²) in [6.07, 6.45) is 5.99. The summed E-state index contributed by atoms with van der Waals surface area (Å²) in [6, 6.07) is 4.00. The smallest absolute Gasteiger partial charge is 0.160 e. The fourth-order valence-electron chi connectivity index (χ4n) is 4.57. The molecule has 2 saturated heterocycles. The molecular formula is C22H28ClN7O. The maximum absolute atomic E-state index is 6.47. The van der Waals surface area contributed by atoms with Gasteiger partial charge in [-0.15, -0.1) is 0 Å². The van der Waals surface area contributed by atoms with Crippen LogP contribution in [0.25, 0.3) is 11.0 Å². The summed E-state index contributed by atoms with van der Waals surface area (Å²) < 4.78 is 6.15. The van der Waals surface area contributed by atoms with Crippen molar-refractivity contribution in [1.82, 2.24) is 25.1 Å². The van der Waals surface area contributed by atoms with Crippen LogP contribution in [0.1, 0.15) is 18.4 Å². The number of likely N-dealkylation sites (tertiary alicyclic amines) is 1. The van der Waals surface area contributed by atoms with Crippen LogP contribution in [0.4, 0.5) is 11.5 Å². The van der Waals surface area contributed by atoms with Gasteiger partial charge in [0.1, 0.15) is 24.5 Å². The van der Waals surface area contributed by atoms with Crippen LogP contribution in [-0.2, 0) is 0 Å². The number of hydrogen-bond acceptors (Lipinski definition) is 7. The molecule has 1 N–H and O–H groups in total. The van der Waals surface area contributed by atoms with Gasteiger partial charge in [0.15, 0.2) is 5.65 Å². The third-order valence-electron chi connectivity index (χ3n) is 6.31. The van der Waals surface area contributed by atoms with E-state index in [4.69, 9.17) is 16.3 Å². The fraction of sp³-hybridized carbons (Fsp3) is 0.500. The van der Waals surface area contributed by atoms with E-state index in [1.165, 1.54) is 25.9 Å². The van der Waals surface area contributed by atoms with E-state index in [2.05, 4.69) is 47.9 Å². The van der Waals surface area contributed by atoms with Crippen LogP contribution < -0.4 is 14.5 Å². The summed E-state index contributed by atoms with van der Waals surface area (Å²) in [5.41, 5.74) is 3.08. The molecule has 0 atom stereocenters. The van der Waals surface area contributed by atoms with Crippen molar-refractivity contribution in [2.24, 2.45) is 0 Å². The van der Waals surface area contributed by atoms with E-state index in [-0.39, 0.29) is 0 Å². The number of fused-ring (bicyclic) bond motifs is 1. The molecule has 4 heterocycles. The van der Waals surface area contributed by atoms with Gasteiger partial charge < -0.3 is 14.5 Å². The zero-order chi connectivity index (χ0) is 21.2. The van der Waals surface area contributed by atoms with Crippen molar-refractivity contribution in [3.63, 3.8) is 0 Å². The second-order valence-electron chi connectivity index (χ2n) is 8.25. The number of ether oxygens (including phenoxy) is 1. The molecule has 0 bridgehead atoms. The Hall–Kier alpha value is -2.58. The molecule has 2 aliphatic heterocycles. The second kappa shape index (κ2) is 8.88. The Morgan fingerprint density at radius 3 is 2.61 bits per heavy atom. The number of aromatic nitrogens is 4. The van der Waals surface area contributed by atoms with E-state index >= 15 is 0 Å². The highest BCUT2D eigenvalue weighted by atomic mass is 35.5. The van der Waals surface area contributed by atoms with Gasteiger partial charge in [0.05, 0.1) is 11.6 Å². The summed E-state index contributed by atoms with van der Waals surface area (Å²) >= 11 is 6.47. The molecule has 9 heteroatoms. The Labute approximate surface area is 187 Å². The quantitative estimate of drug-likeness (QED) is 0.630. The maximum Gasteiger partial charge on any atom is 0.160 e. The predicted octanol–water partition coefficient (Wildman–Crippen LogP) is 3.12. The molecule has 0 amide bonds. The summed E-state index contributed by atoms with van der Waals surface area (Å²) in [5.74, 6) is 1.83. The van der Waals surface area contributed by atoms with Crippen LogP contribution in [0, 0.1) is 6.92 Å². The Bertz CT molecular complexity index is 1040. The fourth-order valence-corrected chi connectivity index (χ4v) is 4.78. The summed E-state index contributed by atoms with van der Waals surface area (Å²) in [5, 5.41) is 8.70. The minimum atomic E-state index is 0.697. The lowest BCUT2D eigenvalue weighted by molar-refractivity contribution is 0.237. The molecule has 3 aromatic rings. The van der Waals surface area contributed by atoms with E-state index in [0.29, 0.717) is 6.61 Å². The Morgan fingerprint density at radius 2 is 1.81 bits per heavy atom. The number of anilines is 2. The molecule has 31 heavy (non-hydrogen) atoms. The normalized spacial score (nSPS) is 17.6. The molecule has 2 fully saturated rings. The van der Waals surface area contributed by atoms with E-state index in [9.17, 15) is 0 Å². The van der Waals surface area contributed by atoms with Crippen LogP contribution in [0.2, 0.25) is 5.02 Å². The van der Waals surface area contributed by atoms with E-state index in [1.54, 1.807) is 12.5 Å². The van der Waals surface area contributed by atoms with Crippen LogP contribution >= 0.6 is 11.6 Å². The number of nitrogens with one attached hydrogen (secondary N) is 1. The number of piperazine rings is 1. The topological polar surface area (TPSA) is 73.4 Å². The lowest BCUT2D eigenvalue weighted by atomic mass is 10.1. The average Bonchev–Trinajstić information content (AvgIpc) is 3.48. The van der Waals surface area contributed by atoms with E-state index < -0.39 is 0 Å². The Balaban J connectivity index is 1.26. The van der Waals surface area contributed by atoms with Gasteiger partial charge in [-0.1, -0.05) is 11.6 Å². The standard InChI is InChI=1S/C22H28ClN7O/c1-16-19(12-17(23)13-20(16)31-11-10-28-4-2-3-5-28)29-6-8-30(9-7-29)22-18-14-26-27-21(18)24-15-25-22/h12-15H,2-11H2,1H3,(H,24,25,26,27). The molecule has 0 unspecified atom stereocenters. The Morgan fingerprint density at radius 1 is 1.03 bits per heavy atom. The summed E-state index contributed by atoms with van der Waals surface area (Å²) in [7, 11) is 0. The first-order valence-electron chi connectivity index (χ1n) is 11.0. The number of halogens is 1. The van der Waals surface area contributed by atoms with Crippen molar-refractivity contribution in [1.29, 1.82) is 0 Å². The molecule has 0 radical (unpaired) electrons. The summed E-state index contributed by atoms with van der Waals surface area (Å²) in [6.45, 7) is 9.68. The van der Waals surface area contributed by atoms with Gasteiger partial charge in [0.25, 0.3) is 0 Å². The zero-order valence-electron chi connectivity index (χ0n) is 17.8. The van der Waals surface area contributed by atoms with Gasteiger partial charge in [-0.25, -0.2) is 9.97 Å². The third kappa shape index (κ3) is 4.27. The van der Waals surface area contributed by atoms with Crippen molar-refractivity contribution in [2.45, 2.75) is 19.8 Å². The lowest BCUT2D eigenvalue weighted by Crippen LogP contribution is -2.47. The molecular weight excluding hydrogens is 414 g/mol. The SMILES string of the molecule is Cc1c(OCCN2CCCC2)cc(Cl)cc1N1CCN(c2ncnc3[nH]ncc23)CC1. The first-order chi connectivity index (χ1) is 15.2. The zero-order valence-corrected chi connectivity index (χ0v) is 18.6. The average molecular weight is 442 g/mol. The van der Waals surface area contributed by atoms with Gasteiger partial charge in [-0.05, 0) is 45.0 Å². The first kappa shape index (κ1) is 20.3.